The molecule has 2 atom stereocenters. The number of carbonyl (C=O) groups excluding carboxylic acids is 1. The molecule has 2 aliphatic rings. The molecule has 1 fully saturated rings. The van der Waals surface area contributed by atoms with Crippen LogP contribution >= 0.6 is 12.4 Å². The standard InChI is InChI=1S/C19H29N3O3.ClH/c1-3-22(18(23)11-21-9-8-19(2,13-20)14-21)10-15-12-24-16-6-4-5-7-17(16)25-15;/h4-7,15H,3,8-14,20H2,1-2H3;1H. The van der Waals surface area contributed by atoms with Gasteiger partial charge in [-0.1, -0.05) is 19.1 Å². The zero-order chi connectivity index (χ0) is 17.9. The first-order valence-corrected chi connectivity index (χ1v) is 9.11. The van der Waals surface area contributed by atoms with Gasteiger partial charge in [0.05, 0.1) is 13.1 Å². The molecule has 3 rings (SSSR count). The predicted molar refractivity (Wildman–Crippen MR) is 104 cm³/mol. The first-order valence-electron chi connectivity index (χ1n) is 9.11. The first-order chi connectivity index (χ1) is 12.0. The summed E-state index contributed by atoms with van der Waals surface area (Å²) in [6.45, 7) is 8.83. The number of likely N-dealkylation sites (tertiary alicyclic amines) is 1. The van der Waals surface area contributed by atoms with Crippen molar-refractivity contribution in [1.82, 2.24) is 9.80 Å². The largest absolute Gasteiger partial charge is 0.486 e. The lowest BCUT2D eigenvalue weighted by Crippen LogP contribution is -2.47. The van der Waals surface area contributed by atoms with Crippen molar-refractivity contribution in [3.05, 3.63) is 24.3 Å². The minimum Gasteiger partial charge on any atom is -0.486 e. The number of hydrogen-bond donors (Lipinski definition) is 1. The van der Waals surface area contributed by atoms with Crippen LogP contribution in [0.2, 0.25) is 0 Å². The molecule has 0 saturated carbocycles. The van der Waals surface area contributed by atoms with E-state index in [-0.39, 0.29) is 29.8 Å². The molecule has 1 saturated heterocycles. The monoisotopic (exact) mass is 383 g/mol. The Morgan fingerprint density at radius 2 is 2.12 bits per heavy atom. The minimum absolute atomic E-state index is 0. The fourth-order valence-corrected chi connectivity index (χ4v) is 3.52. The Labute approximate surface area is 162 Å². The fourth-order valence-electron chi connectivity index (χ4n) is 3.52. The topological polar surface area (TPSA) is 68.0 Å². The number of ether oxygens (including phenoxy) is 2. The van der Waals surface area contributed by atoms with Gasteiger partial charge < -0.3 is 20.1 Å². The third-order valence-electron chi connectivity index (χ3n) is 5.21. The van der Waals surface area contributed by atoms with Crippen molar-refractivity contribution in [1.29, 1.82) is 0 Å². The molecule has 146 valence electrons. The second-order valence-electron chi connectivity index (χ2n) is 7.41. The normalized spacial score (nSPS) is 24.8. The number of nitrogens with two attached hydrogens (primary N) is 1. The van der Waals surface area contributed by atoms with Gasteiger partial charge in [-0.15, -0.1) is 12.4 Å². The molecule has 0 aliphatic carbocycles. The van der Waals surface area contributed by atoms with Crippen molar-refractivity contribution in [2.24, 2.45) is 11.1 Å². The zero-order valence-corrected chi connectivity index (χ0v) is 16.5. The average Bonchev–Trinajstić information content (AvgIpc) is 3.01. The van der Waals surface area contributed by atoms with Crippen molar-refractivity contribution in [3.8, 4) is 11.5 Å². The number of benzene rings is 1. The van der Waals surface area contributed by atoms with Crippen molar-refractivity contribution in [2.45, 2.75) is 26.4 Å². The van der Waals surface area contributed by atoms with Crippen LogP contribution in [0.5, 0.6) is 11.5 Å². The van der Waals surface area contributed by atoms with Gasteiger partial charge in [-0.05, 0) is 44.0 Å². The Bertz CT molecular complexity index is 615. The summed E-state index contributed by atoms with van der Waals surface area (Å²) >= 11 is 0. The maximum Gasteiger partial charge on any atom is 0.236 e. The van der Waals surface area contributed by atoms with E-state index in [1.165, 1.54) is 0 Å². The Morgan fingerprint density at radius 3 is 2.77 bits per heavy atom. The van der Waals surface area contributed by atoms with E-state index in [0.717, 1.165) is 31.0 Å². The molecule has 1 aromatic carbocycles. The quantitative estimate of drug-likeness (QED) is 0.810. The van der Waals surface area contributed by atoms with Gasteiger partial charge in [-0.3, -0.25) is 9.69 Å². The number of rotatable bonds is 6. The molecular formula is C19H30ClN3O3. The zero-order valence-electron chi connectivity index (χ0n) is 15.6. The van der Waals surface area contributed by atoms with Crippen LogP contribution in [0.1, 0.15) is 20.3 Å². The van der Waals surface area contributed by atoms with Gasteiger partial charge in [0.15, 0.2) is 17.6 Å². The molecule has 1 amide bonds. The summed E-state index contributed by atoms with van der Waals surface area (Å²) < 4.78 is 11.7. The summed E-state index contributed by atoms with van der Waals surface area (Å²) in [5.41, 5.74) is 6.00. The van der Waals surface area contributed by atoms with Gasteiger partial charge in [0.2, 0.25) is 5.91 Å². The highest BCUT2D eigenvalue weighted by atomic mass is 35.5. The van der Waals surface area contributed by atoms with Gasteiger partial charge in [0.25, 0.3) is 0 Å². The van der Waals surface area contributed by atoms with Crippen molar-refractivity contribution >= 4 is 18.3 Å². The molecule has 0 aromatic heterocycles. The smallest absolute Gasteiger partial charge is 0.236 e. The van der Waals surface area contributed by atoms with E-state index in [9.17, 15) is 4.79 Å². The lowest BCUT2D eigenvalue weighted by Gasteiger charge is -2.32. The molecule has 0 radical (unpaired) electrons. The van der Waals surface area contributed by atoms with E-state index in [2.05, 4.69) is 11.8 Å². The number of hydrogen-bond acceptors (Lipinski definition) is 5. The van der Waals surface area contributed by atoms with Crippen LogP contribution in [0.3, 0.4) is 0 Å². The van der Waals surface area contributed by atoms with E-state index in [4.69, 9.17) is 15.2 Å². The van der Waals surface area contributed by atoms with Crippen LogP contribution in [-0.2, 0) is 4.79 Å². The van der Waals surface area contributed by atoms with Gasteiger partial charge in [0.1, 0.15) is 6.61 Å². The highest BCUT2D eigenvalue weighted by molar-refractivity contribution is 5.85. The third kappa shape index (κ3) is 4.81. The molecule has 1 aromatic rings. The predicted octanol–water partition coefficient (Wildman–Crippen LogP) is 1.77. The van der Waals surface area contributed by atoms with E-state index >= 15 is 0 Å². The van der Waals surface area contributed by atoms with E-state index in [0.29, 0.717) is 32.8 Å². The van der Waals surface area contributed by atoms with E-state index in [1.54, 1.807) is 0 Å². The van der Waals surface area contributed by atoms with Crippen molar-refractivity contribution in [2.75, 3.05) is 45.9 Å². The molecule has 6 nitrogen and oxygen atoms in total. The van der Waals surface area contributed by atoms with Crippen LogP contribution in [0, 0.1) is 5.41 Å². The van der Waals surface area contributed by atoms with Crippen LogP contribution < -0.4 is 15.2 Å². The maximum absolute atomic E-state index is 12.7. The molecule has 0 spiro atoms. The summed E-state index contributed by atoms with van der Waals surface area (Å²) in [6, 6.07) is 7.65. The minimum atomic E-state index is -0.133. The number of amides is 1. The molecular weight excluding hydrogens is 354 g/mol. The van der Waals surface area contributed by atoms with Gasteiger partial charge in [-0.2, -0.15) is 0 Å². The molecule has 7 heteroatoms. The molecule has 26 heavy (non-hydrogen) atoms. The second-order valence-corrected chi connectivity index (χ2v) is 7.41. The maximum atomic E-state index is 12.7. The summed E-state index contributed by atoms with van der Waals surface area (Å²) in [5.74, 6) is 1.66. The molecule has 0 bridgehead atoms. The van der Waals surface area contributed by atoms with Crippen molar-refractivity contribution in [3.63, 3.8) is 0 Å². The highest BCUT2D eigenvalue weighted by Crippen LogP contribution is 2.31. The number of carbonyl (C=O) groups is 1. The number of nitrogens with zero attached hydrogens (tertiary/aromatic N) is 2. The summed E-state index contributed by atoms with van der Waals surface area (Å²) in [4.78, 5) is 16.8. The molecule has 2 heterocycles. The van der Waals surface area contributed by atoms with Crippen LogP contribution in [0.15, 0.2) is 24.3 Å². The third-order valence-corrected chi connectivity index (χ3v) is 5.21. The van der Waals surface area contributed by atoms with Gasteiger partial charge in [0, 0.05) is 13.1 Å². The van der Waals surface area contributed by atoms with Crippen LogP contribution in [0.25, 0.3) is 0 Å². The SMILES string of the molecule is CCN(CC1COc2ccccc2O1)C(=O)CN1CCC(C)(CN)C1.Cl. The highest BCUT2D eigenvalue weighted by Gasteiger charge is 2.34. The number of halogens is 1. The van der Waals surface area contributed by atoms with E-state index in [1.807, 2.05) is 36.1 Å². The Hall–Kier alpha value is -1.50. The number of para-hydroxylation sites is 2. The van der Waals surface area contributed by atoms with Crippen molar-refractivity contribution < 1.29 is 14.3 Å². The van der Waals surface area contributed by atoms with Gasteiger partial charge >= 0.3 is 0 Å². The summed E-state index contributed by atoms with van der Waals surface area (Å²) in [6.07, 6.45) is 0.922. The number of likely N-dealkylation sites (N-methyl/N-ethyl adjacent to an activating group) is 1. The average molecular weight is 384 g/mol. The second kappa shape index (κ2) is 8.93. The Morgan fingerprint density at radius 1 is 1.38 bits per heavy atom. The fraction of sp³-hybridized carbons (Fsp3) is 0.632. The Kier molecular flexibility index (Phi) is 7.15. The van der Waals surface area contributed by atoms with Gasteiger partial charge in [-0.25, -0.2) is 0 Å². The summed E-state index contributed by atoms with van der Waals surface area (Å²) in [7, 11) is 0. The lowest BCUT2D eigenvalue weighted by molar-refractivity contribution is -0.133. The van der Waals surface area contributed by atoms with E-state index < -0.39 is 0 Å². The Balaban J connectivity index is 0.00000243. The molecule has 2 aliphatic heterocycles. The first kappa shape index (κ1) is 20.8. The number of fused-ring (bicyclic) bond motifs is 1. The summed E-state index contributed by atoms with van der Waals surface area (Å²) in [5, 5.41) is 0. The van der Waals surface area contributed by atoms with Crippen LogP contribution in [-0.4, -0.2) is 67.7 Å². The molecule has 2 N–H and O–H groups in total. The lowest BCUT2D eigenvalue weighted by atomic mass is 9.90. The van der Waals surface area contributed by atoms with Crippen LogP contribution in [0.4, 0.5) is 0 Å². The molecule has 2 unspecified atom stereocenters.